The Labute approximate surface area is 124 Å². The molecule has 3 rings (SSSR count). The maximum absolute atomic E-state index is 13.4. The van der Waals surface area contributed by atoms with Crippen LogP contribution < -0.4 is 5.56 Å². The van der Waals surface area contributed by atoms with E-state index >= 15 is 0 Å². The minimum Gasteiger partial charge on any atom is -0.478 e. The fourth-order valence-electron chi connectivity index (χ4n) is 2.49. The number of halogens is 1. The van der Waals surface area contributed by atoms with E-state index in [1.807, 2.05) is 13.1 Å². The molecule has 0 atom stereocenters. The van der Waals surface area contributed by atoms with Gasteiger partial charge in [0.05, 0.1) is 5.56 Å². The molecule has 2 aromatic heterocycles. The third-order valence-corrected chi connectivity index (χ3v) is 3.52. The first-order valence-electron chi connectivity index (χ1n) is 6.66. The van der Waals surface area contributed by atoms with Crippen molar-refractivity contribution in [1.82, 2.24) is 9.38 Å². The lowest BCUT2D eigenvalue weighted by atomic mass is 10.1. The highest BCUT2D eigenvalue weighted by atomic mass is 19.1. The molecule has 3 aromatic rings. The summed E-state index contributed by atoms with van der Waals surface area (Å²) in [6, 6.07) is 5.76. The van der Waals surface area contributed by atoms with E-state index in [1.54, 1.807) is 16.7 Å². The van der Waals surface area contributed by atoms with Crippen molar-refractivity contribution in [2.24, 2.45) is 0 Å². The van der Waals surface area contributed by atoms with Crippen molar-refractivity contribution in [3.63, 3.8) is 0 Å². The lowest BCUT2D eigenvalue weighted by molar-refractivity contribution is 0.0691. The van der Waals surface area contributed by atoms with Crippen molar-refractivity contribution in [1.29, 1.82) is 0 Å². The topological polar surface area (TPSA) is 74.6 Å². The molecule has 2 heterocycles. The third kappa shape index (κ3) is 2.39. The fraction of sp³-hybridized carbons (Fsp3) is 0.125. The van der Waals surface area contributed by atoms with E-state index in [2.05, 4.69) is 4.98 Å². The van der Waals surface area contributed by atoms with Crippen molar-refractivity contribution >= 4 is 11.5 Å². The highest BCUT2D eigenvalue weighted by molar-refractivity contribution is 5.88. The van der Waals surface area contributed by atoms with E-state index in [1.165, 1.54) is 12.1 Å². The van der Waals surface area contributed by atoms with Crippen LogP contribution in [0.2, 0.25) is 0 Å². The Balaban J connectivity index is 2.07. The molecule has 0 aliphatic rings. The normalized spacial score (nSPS) is 11.0. The molecule has 0 saturated carbocycles. The number of benzene rings is 1. The zero-order valence-corrected chi connectivity index (χ0v) is 11.8. The smallest absolute Gasteiger partial charge is 0.338 e. The molecule has 0 radical (unpaired) electrons. The van der Waals surface area contributed by atoms with Gasteiger partial charge in [0.1, 0.15) is 11.3 Å². The number of nitrogens with zero attached hydrogens (tertiary/aromatic N) is 1. The number of carboxylic acids is 1. The first kappa shape index (κ1) is 14.1. The van der Waals surface area contributed by atoms with Gasteiger partial charge in [-0.15, -0.1) is 0 Å². The van der Waals surface area contributed by atoms with Gasteiger partial charge in [-0.3, -0.25) is 4.79 Å². The molecule has 112 valence electrons. The number of H-pyrrole nitrogens is 1. The Hall–Kier alpha value is -2.89. The number of aromatic carboxylic acids is 1. The van der Waals surface area contributed by atoms with Gasteiger partial charge < -0.3 is 14.5 Å². The van der Waals surface area contributed by atoms with E-state index in [4.69, 9.17) is 5.11 Å². The zero-order valence-electron chi connectivity index (χ0n) is 11.8. The first-order valence-corrected chi connectivity index (χ1v) is 6.66. The van der Waals surface area contributed by atoms with E-state index < -0.39 is 11.8 Å². The van der Waals surface area contributed by atoms with Gasteiger partial charge in [0, 0.05) is 24.5 Å². The summed E-state index contributed by atoms with van der Waals surface area (Å²) in [6.07, 6.45) is 3.79. The van der Waals surface area contributed by atoms with Crippen LogP contribution in [-0.4, -0.2) is 20.5 Å². The number of hydrogen-bond donors (Lipinski definition) is 2. The van der Waals surface area contributed by atoms with Crippen molar-refractivity contribution in [3.8, 4) is 0 Å². The minimum atomic E-state index is -1.30. The predicted molar refractivity (Wildman–Crippen MR) is 78.9 cm³/mol. The summed E-state index contributed by atoms with van der Waals surface area (Å²) in [6.45, 7) is 1.89. The molecule has 0 spiro atoms. The summed E-state index contributed by atoms with van der Waals surface area (Å²) in [7, 11) is 0. The van der Waals surface area contributed by atoms with E-state index in [9.17, 15) is 14.0 Å². The summed E-state index contributed by atoms with van der Waals surface area (Å²) in [5.74, 6) is -2.07. The molecule has 0 unspecified atom stereocenters. The van der Waals surface area contributed by atoms with Crippen LogP contribution >= 0.6 is 0 Å². The van der Waals surface area contributed by atoms with E-state index in [0.717, 1.165) is 17.3 Å². The largest absolute Gasteiger partial charge is 0.478 e. The van der Waals surface area contributed by atoms with Gasteiger partial charge in [-0.2, -0.15) is 0 Å². The van der Waals surface area contributed by atoms with Crippen molar-refractivity contribution in [2.45, 2.75) is 13.3 Å². The number of fused-ring (bicyclic) bond motifs is 1. The van der Waals surface area contributed by atoms with Gasteiger partial charge in [-0.25, -0.2) is 9.18 Å². The first-order chi connectivity index (χ1) is 10.5. The summed E-state index contributed by atoms with van der Waals surface area (Å²) in [4.78, 5) is 25.4. The summed E-state index contributed by atoms with van der Waals surface area (Å²) < 4.78 is 15.2. The van der Waals surface area contributed by atoms with Gasteiger partial charge in [0.15, 0.2) is 0 Å². The second kappa shape index (κ2) is 5.14. The Morgan fingerprint density at radius 3 is 2.86 bits per heavy atom. The predicted octanol–water partition coefficient (Wildman–Crippen LogP) is 2.36. The molecule has 0 bridgehead atoms. The molecule has 22 heavy (non-hydrogen) atoms. The molecule has 0 aliphatic carbocycles. The molecular weight excluding hydrogens is 287 g/mol. The van der Waals surface area contributed by atoms with Gasteiger partial charge in [-0.05, 0) is 36.2 Å². The SMILES string of the molecule is Cc1cc2c(=O)[nH]cc(Cc3ccc(F)c(C(=O)O)c3)n2c1. The lowest BCUT2D eigenvalue weighted by Crippen LogP contribution is -2.12. The van der Waals surface area contributed by atoms with E-state index in [0.29, 0.717) is 17.5 Å². The van der Waals surface area contributed by atoms with Gasteiger partial charge >= 0.3 is 5.97 Å². The number of hydrogen-bond acceptors (Lipinski definition) is 2. The summed E-state index contributed by atoms with van der Waals surface area (Å²) in [5, 5.41) is 8.97. The van der Waals surface area contributed by atoms with Crippen LogP contribution in [0.25, 0.3) is 5.52 Å². The molecule has 6 heteroatoms. The zero-order chi connectivity index (χ0) is 15.9. The number of rotatable bonds is 3. The minimum absolute atomic E-state index is 0.192. The van der Waals surface area contributed by atoms with Crippen LogP contribution in [0.3, 0.4) is 0 Å². The maximum atomic E-state index is 13.4. The maximum Gasteiger partial charge on any atom is 0.338 e. The summed E-state index contributed by atoms with van der Waals surface area (Å²) >= 11 is 0. The number of aromatic nitrogens is 2. The number of aryl methyl sites for hydroxylation is 1. The van der Waals surface area contributed by atoms with Crippen LogP contribution in [0, 0.1) is 12.7 Å². The van der Waals surface area contributed by atoms with Crippen molar-refractivity contribution in [2.75, 3.05) is 0 Å². The Kier molecular flexibility index (Phi) is 3.29. The molecular formula is C16H13FN2O3. The Morgan fingerprint density at radius 1 is 1.36 bits per heavy atom. The average molecular weight is 300 g/mol. The third-order valence-electron chi connectivity index (χ3n) is 3.52. The number of nitrogens with one attached hydrogen (secondary N) is 1. The molecule has 0 aliphatic heterocycles. The standard InChI is InChI=1S/C16H13FN2O3/c1-9-4-14-15(20)18-7-11(19(14)8-9)5-10-2-3-13(17)12(6-10)16(21)22/h2-4,6-8H,5H2,1H3,(H,18,20)(H,21,22). The molecule has 0 amide bonds. The second-order valence-electron chi connectivity index (χ2n) is 5.18. The van der Waals surface area contributed by atoms with Crippen LogP contribution in [0.1, 0.15) is 27.2 Å². The molecule has 1 aromatic carbocycles. The summed E-state index contributed by atoms with van der Waals surface area (Å²) in [5.41, 5.74) is 2.35. The molecule has 0 fully saturated rings. The van der Waals surface area contributed by atoms with E-state index in [-0.39, 0.29) is 11.1 Å². The van der Waals surface area contributed by atoms with Gasteiger partial charge in [-0.1, -0.05) is 6.07 Å². The van der Waals surface area contributed by atoms with Crippen molar-refractivity contribution in [3.05, 3.63) is 75.2 Å². The quantitative estimate of drug-likeness (QED) is 0.779. The Bertz CT molecular complexity index is 940. The van der Waals surface area contributed by atoms with Gasteiger partial charge in [0.2, 0.25) is 0 Å². The fourth-order valence-corrected chi connectivity index (χ4v) is 2.49. The van der Waals surface area contributed by atoms with Crippen LogP contribution in [0.5, 0.6) is 0 Å². The van der Waals surface area contributed by atoms with Crippen LogP contribution in [0.4, 0.5) is 4.39 Å². The molecule has 2 N–H and O–H groups in total. The Morgan fingerprint density at radius 2 is 2.14 bits per heavy atom. The van der Waals surface area contributed by atoms with Crippen molar-refractivity contribution < 1.29 is 14.3 Å². The highest BCUT2D eigenvalue weighted by Gasteiger charge is 2.12. The molecule has 0 saturated heterocycles. The number of carbonyl (C=O) groups is 1. The van der Waals surface area contributed by atoms with Crippen LogP contribution in [-0.2, 0) is 6.42 Å². The average Bonchev–Trinajstić information content (AvgIpc) is 2.86. The highest BCUT2D eigenvalue weighted by Crippen LogP contribution is 2.16. The lowest BCUT2D eigenvalue weighted by Gasteiger charge is -2.07. The number of carboxylic acid groups (broad SMARTS) is 1. The second-order valence-corrected chi connectivity index (χ2v) is 5.18. The van der Waals surface area contributed by atoms with Gasteiger partial charge in [0.25, 0.3) is 5.56 Å². The van der Waals surface area contributed by atoms with Crippen LogP contribution in [0.15, 0.2) is 41.5 Å². The monoisotopic (exact) mass is 300 g/mol. The molecule has 5 nitrogen and oxygen atoms in total. The number of aromatic amines is 1.